The highest BCUT2D eigenvalue weighted by Crippen LogP contribution is 2.26. The summed E-state index contributed by atoms with van der Waals surface area (Å²) in [6.45, 7) is 7.18. The zero-order valence-corrected chi connectivity index (χ0v) is 13.3. The fourth-order valence-corrected chi connectivity index (χ4v) is 2.99. The molecule has 116 valence electrons. The molecule has 1 fully saturated rings. The van der Waals surface area contributed by atoms with Gasteiger partial charge < -0.3 is 5.32 Å². The van der Waals surface area contributed by atoms with E-state index in [0.29, 0.717) is 6.04 Å². The number of hydrogen-bond acceptors (Lipinski definition) is 2. The molecular formula is C18H28N2O. The Morgan fingerprint density at radius 2 is 1.90 bits per heavy atom. The molecule has 0 aromatic heterocycles. The number of hydrogen-bond donors (Lipinski definition) is 1. The second-order valence-corrected chi connectivity index (χ2v) is 5.94. The van der Waals surface area contributed by atoms with Gasteiger partial charge in [-0.1, -0.05) is 50.6 Å². The van der Waals surface area contributed by atoms with E-state index in [2.05, 4.69) is 48.3 Å². The molecule has 1 aliphatic rings. The van der Waals surface area contributed by atoms with Crippen molar-refractivity contribution in [3.63, 3.8) is 0 Å². The first kappa shape index (κ1) is 16.0. The fraction of sp³-hybridized carbons (Fsp3) is 0.611. The number of carbonyl (C=O) groups excluding carboxylic acids is 1. The zero-order valence-electron chi connectivity index (χ0n) is 13.3. The number of amides is 1. The molecule has 0 heterocycles. The van der Waals surface area contributed by atoms with Crippen LogP contribution in [-0.4, -0.2) is 36.5 Å². The topological polar surface area (TPSA) is 32.3 Å². The molecule has 1 aromatic carbocycles. The monoisotopic (exact) mass is 288 g/mol. The zero-order chi connectivity index (χ0) is 15.1. The molecule has 1 saturated carbocycles. The van der Waals surface area contributed by atoms with Crippen LogP contribution in [0.15, 0.2) is 30.3 Å². The molecule has 1 amide bonds. The predicted molar refractivity (Wildman–Crippen MR) is 87.2 cm³/mol. The van der Waals surface area contributed by atoms with E-state index in [1.807, 2.05) is 6.07 Å². The van der Waals surface area contributed by atoms with Crippen molar-refractivity contribution in [2.75, 3.05) is 19.6 Å². The molecule has 0 unspecified atom stereocenters. The quantitative estimate of drug-likeness (QED) is 0.798. The Morgan fingerprint density at radius 3 is 2.43 bits per heavy atom. The van der Waals surface area contributed by atoms with Crippen molar-refractivity contribution < 1.29 is 4.79 Å². The first-order chi connectivity index (χ1) is 10.2. The van der Waals surface area contributed by atoms with Gasteiger partial charge in [0.05, 0.1) is 0 Å². The standard InChI is InChI=1S/C18H28N2O/c1-3-20(4-2)17(13-15-9-6-5-7-10-15)14-19-18(21)16-11-8-12-16/h5-7,9-10,16-17H,3-4,8,11-14H2,1-2H3,(H,19,21)/t17-/m1/s1. The van der Waals surface area contributed by atoms with Gasteiger partial charge in [0.1, 0.15) is 0 Å². The summed E-state index contributed by atoms with van der Waals surface area (Å²) in [7, 11) is 0. The number of nitrogens with one attached hydrogen (secondary N) is 1. The fourth-order valence-electron chi connectivity index (χ4n) is 2.99. The van der Waals surface area contributed by atoms with Gasteiger partial charge in [0.25, 0.3) is 0 Å². The van der Waals surface area contributed by atoms with E-state index in [9.17, 15) is 4.79 Å². The summed E-state index contributed by atoms with van der Waals surface area (Å²) in [5.74, 6) is 0.533. The number of rotatable bonds is 8. The third-order valence-corrected chi connectivity index (χ3v) is 4.63. The van der Waals surface area contributed by atoms with Crippen molar-refractivity contribution in [2.24, 2.45) is 5.92 Å². The second kappa shape index (κ2) is 8.18. The van der Waals surface area contributed by atoms with Crippen molar-refractivity contribution in [3.8, 4) is 0 Å². The summed E-state index contributed by atoms with van der Waals surface area (Å²) in [5.41, 5.74) is 1.34. The molecule has 21 heavy (non-hydrogen) atoms. The molecule has 3 heteroatoms. The Morgan fingerprint density at radius 1 is 1.24 bits per heavy atom. The van der Waals surface area contributed by atoms with E-state index in [1.165, 1.54) is 12.0 Å². The normalized spacial score (nSPS) is 16.5. The predicted octanol–water partition coefficient (Wildman–Crippen LogP) is 2.86. The molecule has 0 spiro atoms. The Labute approximate surface area is 128 Å². The summed E-state index contributed by atoms with van der Waals surface area (Å²) in [6.07, 6.45) is 4.34. The summed E-state index contributed by atoms with van der Waals surface area (Å²) in [5, 5.41) is 3.17. The van der Waals surface area contributed by atoms with E-state index < -0.39 is 0 Å². The van der Waals surface area contributed by atoms with Crippen LogP contribution in [0.4, 0.5) is 0 Å². The molecule has 1 aromatic rings. The highest BCUT2D eigenvalue weighted by atomic mass is 16.1. The van der Waals surface area contributed by atoms with Crippen LogP contribution in [0.2, 0.25) is 0 Å². The average molecular weight is 288 g/mol. The van der Waals surface area contributed by atoms with Crippen LogP contribution in [0, 0.1) is 5.92 Å². The number of benzene rings is 1. The van der Waals surface area contributed by atoms with Crippen LogP contribution in [0.3, 0.4) is 0 Å². The smallest absolute Gasteiger partial charge is 0.223 e. The lowest BCUT2D eigenvalue weighted by Gasteiger charge is -2.31. The van der Waals surface area contributed by atoms with Gasteiger partial charge >= 0.3 is 0 Å². The third-order valence-electron chi connectivity index (χ3n) is 4.63. The molecule has 0 aliphatic heterocycles. The lowest BCUT2D eigenvalue weighted by molar-refractivity contribution is -0.127. The van der Waals surface area contributed by atoms with Crippen molar-refractivity contribution >= 4 is 5.91 Å². The summed E-state index contributed by atoms with van der Waals surface area (Å²) >= 11 is 0. The molecule has 1 aliphatic carbocycles. The first-order valence-corrected chi connectivity index (χ1v) is 8.30. The third kappa shape index (κ3) is 4.57. The van der Waals surface area contributed by atoms with E-state index >= 15 is 0 Å². The van der Waals surface area contributed by atoms with Crippen LogP contribution < -0.4 is 5.32 Å². The van der Waals surface area contributed by atoms with Gasteiger partial charge in [-0.2, -0.15) is 0 Å². The molecule has 1 atom stereocenters. The summed E-state index contributed by atoms with van der Waals surface area (Å²) in [6, 6.07) is 10.9. The SMILES string of the molecule is CCN(CC)[C@@H](CNC(=O)C1CCC1)Cc1ccccc1. The second-order valence-electron chi connectivity index (χ2n) is 5.94. The molecular weight excluding hydrogens is 260 g/mol. The van der Waals surface area contributed by atoms with Crippen LogP contribution in [0.25, 0.3) is 0 Å². The largest absolute Gasteiger partial charge is 0.354 e. The van der Waals surface area contributed by atoms with Crippen molar-refractivity contribution in [2.45, 2.75) is 45.6 Å². The summed E-state index contributed by atoms with van der Waals surface area (Å²) in [4.78, 5) is 14.5. The Bertz CT molecular complexity index is 424. The first-order valence-electron chi connectivity index (χ1n) is 8.30. The van der Waals surface area contributed by atoms with E-state index in [-0.39, 0.29) is 11.8 Å². The molecule has 0 saturated heterocycles. The summed E-state index contributed by atoms with van der Waals surface area (Å²) < 4.78 is 0. The maximum absolute atomic E-state index is 12.1. The van der Waals surface area contributed by atoms with Gasteiger partial charge in [-0.05, 0) is 37.9 Å². The van der Waals surface area contributed by atoms with Crippen molar-refractivity contribution in [1.82, 2.24) is 10.2 Å². The van der Waals surface area contributed by atoms with Crippen LogP contribution >= 0.6 is 0 Å². The van der Waals surface area contributed by atoms with Gasteiger partial charge in [-0.3, -0.25) is 9.69 Å². The van der Waals surface area contributed by atoms with Crippen LogP contribution in [-0.2, 0) is 11.2 Å². The van der Waals surface area contributed by atoms with E-state index in [4.69, 9.17) is 0 Å². The Hall–Kier alpha value is -1.35. The minimum Gasteiger partial charge on any atom is -0.354 e. The van der Waals surface area contributed by atoms with Crippen LogP contribution in [0.5, 0.6) is 0 Å². The minimum absolute atomic E-state index is 0.256. The lowest BCUT2D eigenvalue weighted by Crippen LogP contribution is -2.47. The molecule has 0 bridgehead atoms. The Kier molecular flexibility index (Phi) is 6.24. The Balaban J connectivity index is 1.92. The van der Waals surface area contributed by atoms with Crippen molar-refractivity contribution in [1.29, 1.82) is 0 Å². The number of likely N-dealkylation sites (N-methyl/N-ethyl adjacent to an activating group) is 1. The maximum Gasteiger partial charge on any atom is 0.223 e. The molecule has 1 N–H and O–H groups in total. The molecule has 3 nitrogen and oxygen atoms in total. The highest BCUT2D eigenvalue weighted by Gasteiger charge is 2.26. The van der Waals surface area contributed by atoms with Crippen LogP contribution in [0.1, 0.15) is 38.7 Å². The number of nitrogens with zero attached hydrogens (tertiary/aromatic N) is 1. The van der Waals surface area contributed by atoms with E-state index in [1.54, 1.807) is 0 Å². The lowest BCUT2D eigenvalue weighted by atomic mass is 9.85. The minimum atomic E-state index is 0.256. The maximum atomic E-state index is 12.1. The van der Waals surface area contributed by atoms with Gasteiger partial charge in [0.2, 0.25) is 5.91 Å². The highest BCUT2D eigenvalue weighted by molar-refractivity contribution is 5.79. The molecule has 0 radical (unpaired) electrons. The van der Waals surface area contributed by atoms with Gasteiger partial charge in [-0.15, -0.1) is 0 Å². The molecule has 2 rings (SSSR count). The van der Waals surface area contributed by atoms with Gasteiger partial charge in [0, 0.05) is 18.5 Å². The van der Waals surface area contributed by atoms with E-state index in [0.717, 1.165) is 38.9 Å². The van der Waals surface area contributed by atoms with Gasteiger partial charge in [0.15, 0.2) is 0 Å². The average Bonchev–Trinajstić information content (AvgIpc) is 2.45. The van der Waals surface area contributed by atoms with Gasteiger partial charge in [-0.25, -0.2) is 0 Å². The van der Waals surface area contributed by atoms with Crippen molar-refractivity contribution in [3.05, 3.63) is 35.9 Å². The number of carbonyl (C=O) groups is 1.